The minimum absolute atomic E-state index is 0.0789. The molecule has 24 heavy (non-hydrogen) atoms. The summed E-state index contributed by atoms with van der Waals surface area (Å²) in [5.74, 6) is -0.160. The summed E-state index contributed by atoms with van der Waals surface area (Å²) in [5.41, 5.74) is 1.30. The third-order valence-corrected chi connectivity index (χ3v) is 5.44. The van der Waals surface area contributed by atoms with E-state index < -0.39 is 15.4 Å². The molecule has 1 aliphatic heterocycles. The molecule has 1 heterocycles. The third-order valence-electron chi connectivity index (χ3n) is 4.06. The van der Waals surface area contributed by atoms with Crippen LogP contribution in [0.25, 0.3) is 0 Å². The van der Waals surface area contributed by atoms with Crippen molar-refractivity contribution in [1.82, 2.24) is 0 Å². The summed E-state index contributed by atoms with van der Waals surface area (Å²) in [4.78, 5) is 12.0. The molecule has 0 saturated heterocycles. The Morgan fingerprint density at radius 2 is 1.79 bits per heavy atom. The monoisotopic (exact) mass is 341 g/mol. The van der Waals surface area contributed by atoms with Crippen molar-refractivity contribution < 1.29 is 13.2 Å². The molecule has 0 aromatic heterocycles. The highest BCUT2D eigenvalue weighted by molar-refractivity contribution is 7.92. The first-order chi connectivity index (χ1) is 11.2. The lowest BCUT2D eigenvalue weighted by atomic mass is 9.86. The zero-order chi connectivity index (χ0) is 17.5. The van der Waals surface area contributed by atoms with Gasteiger partial charge in [0, 0.05) is 11.4 Å². The highest BCUT2D eigenvalue weighted by Crippen LogP contribution is 2.38. The Kier molecular flexibility index (Phi) is 3.57. The van der Waals surface area contributed by atoms with Gasteiger partial charge in [-0.3, -0.25) is 9.52 Å². The lowest BCUT2D eigenvalue weighted by Gasteiger charge is -2.16. The lowest BCUT2D eigenvalue weighted by Crippen LogP contribution is -2.27. The number of rotatable bonds is 3. The van der Waals surface area contributed by atoms with Gasteiger partial charge in [0.1, 0.15) is 0 Å². The first-order valence-electron chi connectivity index (χ1n) is 7.23. The van der Waals surface area contributed by atoms with Gasteiger partial charge in [0.05, 0.1) is 21.9 Å². The Morgan fingerprint density at radius 3 is 2.42 bits per heavy atom. The number of hydrogen-bond acceptors (Lipinski definition) is 4. The van der Waals surface area contributed by atoms with E-state index in [0.717, 1.165) is 0 Å². The molecule has 7 heteroatoms. The highest BCUT2D eigenvalue weighted by Gasteiger charge is 2.39. The Balaban J connectivity index is 1.95. The number of carbonyl (C=O) groups excluding carboxylic acids is 1. The van der Waals surface area contributed by atoms with Crippen molar-refractivity contribution >= 4 is 27.3 Å². The molecule has 0 aliphatic carbocycles. The Hall–Kier alpha value is -2.85. The molecule has 2 aromatic carbocycles. The molecule has 6 nitrogen and oxygen atoms in total. The van der Waals surface area contributed by atoms with Crippen LogP contribution in [-0.2, 0) is 20.2 Å². The van der Waals surface area contributed by atoms with Crippen LogP contribution in [-0.4, -0.2) is 14.3 Å². The van der Waals surface area contributed by atoms with Crippen LogP contribution in [0.5, 0.6) is 0 Å². The first kappa shape index (κ1) is 16.0. The van der Waals surface area contributed by atoms with E-state index >= 15 is 0 Å². The quantitative estimate of drug-likeness (QED) is 0.896. The maximum absolute atomic E-state index is 12.6. The molecule has 0 radical (unpaired) electrons. The van der Waals surface area contributed by atoms with Crippen molar-refractivity contribution in [3.05, 3.63) is 53.6 Å². The predicted molar refractivity (Wildman–Crippen MR) is 90.1 cm³/mol. The van der Waals surface area contributed by atoms with Gasteiger partial charge in [-0.2, -0.15) is 5.26 Å². The molecule has 2 aromatic rings. The summed E-state index contributed by atoms with van der Waals surface area (Å²) in [6, 6.07) is 12.7. The van der Waals surface area contributed by atoms with E-state index in [0.29, 0.717) is 22.5 Å². The van der Waals surface area contributed by atoms with Gasteiger partial charge >= 0.3 is 0 Å². The van der Waals surface area contributed by atoms with Crippen LogP contribution in [0.3, 0.4) is 0 Å². The molecule has 0 atom stereocenters. The first-order valence-corrected chi connectivity index (χ1v) is 8.71. The van der Waals surface area contributed by atoms with Gasteiger partial charge in [-0.1, -0.05) is 0 Å². The normalized spacial score (nSPS) is 15.3. The van der Waals surface area contributed by atoms with Crippen molar-refractivity contribution in [2.24, 2.45) is 0 Å². The second kappa shape index (κ2) is 5.35. The van der Waals surface area contributed by atoms with E-state index in [-0.39, 0.29) is 10.8 Å². The number of nitrogens with zero attached hydrogens (tertiary/aromatic N) is 1. The minimum Gasteiger partial charge on any atom is -0.325 e. The van der Waals surface area contributed by atoms with Crippen LogP contribution < -0.4 is 10.0 Å². The number of benzene rings is 2. The van der Waals surface area contributed by atoms with Gasteiger partial charge in [-0.25, -0.2) is 8.42 Å². The van der Waals surface area contributed by atoms with Crippen molar-refractivity contribution in [2.45, 2.75) is 24.2 Å². The fraction of sp³-hybridized carbons (Fsp3) is 0.176. The number of nitriles is 1. The summed E-state index contributed by atoms with van der Waals surface area (Å²) in [5, 5.41) is 11.5. The summed E-state index contributed by atoms with van der Waals surface area (Å²) in [6.45, 7) is 3.50. The summed E-state index contributed by atoms with van der Waals surface area (Å²) in [6.07, 6.45) is 0. The molecule has 0 bridgehead atoms. The molecule has 3 rings (SSSR count). The zero-order valence-electron chi connectivity index (χ0n) is 13.1. The van der Waals surface area contributed by atoms with Crippen LogP contribution in [0, 0.1) is 11.3 Å². The molecule has 0 fully saturated rings. The number of carbonyl (C=O) groups is 1. The standard InChI is InChI=1S/C17H15N3O3S/c1-17(2)14-9-13(7-8-15(14)19-16(17)21)24(22,23)20-12-5-3-11(10-18)4-6-12/h3-9,20H,1-2H3,(H,19,21). The number of fused-ring (bicyclic) bond motifs is 1. The lowest BCUT2D eigenvalue weighted by molar-refractivity contribution is -0.119. The second-order valence-corrected chi connectivity index (χ2v) is 7.76. The number of sulfonamides is 1. The predicted octanol–water partition coefficient (Wildman–Crippen LogP) is 2.59. The molecular formula is C17H15N3O3S. The average molecular weight is 341 g/mol. The fourth-order valence-electron chi connectivity index (χ4n) is 2.54. The van der Waals surface area contributed by atoms with Crippen LogP contribution in [0.2, 0.25) is 0 Å². The van der Waals surface area contributed by atoms with Gasteiger partial charge in [-0.15, -0.1) is 0 Å². The van der Waals surface area contributed by atoms with Crippen LogP contribution in [0.1, 0.15) is 25.0 Å². The van der Waals surface area contributed by atoms with Gasteiger partial charge in [0.2, 0.25) is 5.91 Å². The number of anilines is 2. The van der Waals surface area contributed by atoms with Gasteiger partial charge in [0.25, 0.3) is 10.0 Å². The van der Waals surface area contributed by atoms with Crippen LogP contribution in [0.4, 0.5) is 11.4 Å². The Bertz CT molecular complexity index is 971. The van der Waals surface area contributed by atoms with Crippen molar-refractivity contribution in [1.29, 1.82) is 5.26 Å². The van der Waals surface area contributed by atoms with Crippen LogP contribution in [0.15, 0.2) is 47.4 Å². The van der Waals surface area contributed by atoms with Crippen LogP contribution >= 0.6 is 0 Å². The largest absolute Gasteiger partial charge is 0.325 e. The number of amides is 1. The number of hydrogen-bond donors (Lipinski definition) is 2. The molecule has 122 valence electrons. The highest BCUT2D eigenvalue weighted by atomic mass is 32.2. The van der Waals surface area contributed by atoms with E-state index in [1.165, 1.54) is 36.4 Å². The van der Waals surface area contributed by atoms with Crippen molar-refractivity contribution in [2.75, 3.05) is 10.0 Å². The molecule has 0 unspecified atom stereocenters. The zero-order valence-corrected chi connectivity index (χ0v) is 13.9. The SMILES string of the molecule is CC1(C)C(=O)Nc2ccc(S(=O)(=O)Nc3ccc(C#N)cc3)cc21. The molecule has 0 saturated carbocycles. The van der Waals surface area contributed by atoms with E-state index in [1.807, 2.05) is 6.07 Å². The maximum Gasteiger partial charge on any atom is 0.261 e. The van der Waals surface area contributed by atoms with Gasteiger partial charge < -0.3 is 5.32 Å². The van der Waals surface area contributed by atoms with Gasteiger partial charge in [0.15, 0.2) is 0 Å². The van der Waals surface area contributed by atoms with Gasteiger partial charge in [-0.05, 0) is 61.9 Å². The van der Waals surface area contributed by atoms with E-state index in [9.17, 15) is 13.2 Å². The van der Waals surface area contributed by atoms with E-state index in [4.69, 9.17) is 5.26 Å². The maximum atomic E-state index is 12.6. The molecule has 1 aliphatic rings. The molecule has 2 N–H and O–H groups in total. The number of nitrogens with one attached hydrogen (secondary N) is 2. The summed E-state index contributed by atoms with van der Waals surface area (Å²) >= 11 is 0. The second-order valence-electron chi connectivity index (χ2n) is 6.08. The summed E-state index contributed by atoms with van der Waals surface area (Å²) in [7, 11) is -3.79. The average Bonchev–Trinajstić information content (AvgIpc) is 2.77. The third kappa shape index (κ3) is 2.61. The molecule has 0 spiro atoms. The van der Waals surface area contributed by atoms with Crippen molar-refractivity contribution in [3.8, 4) is 6.07 Å². The molecule has 1 amide bonds. The minimum atomic E-state index is -3.79. The van der Waals surface area contributed by atoms with E-state index in [2.05, 4.69) is 10.0 Å². The van der Waals surface area contributed by atoms with E-state index in [1.54, 1.807) is 19.9 Å². The smallest absolute Gasteiger partial charge is 0.261 e. The topological polar surface area (TPSA) is 99.1 Å². The Labute approximate surface area is 140 Å². The van der Waals surface area contributed by atoms with Crippen molar-refractivity contribution in [3.63, 3.8) is 0 Å². The summed E-state index contributed by atoms with van der Waals surface area (Å²) < 4.78 is 27.6. The Morgan fingerprint density at radius 1 is 1.12 bits per heavy atom. The molecular weight excluding hydrogens is 326 g/mol. The fourth-order valence-corrected chi connectivity index (χ4v) is 3.63.